The van der Waals surface area contributed by atoms with Crippen LogP contribution in [0, 0.1) is 0 Å². The summed E-state index contributed by atoms with van der Waals surface area (Å²) in [5.41, 5.74) is 1.25. The standard InChI is InChI=1S/C22H25Cl2NO/c23-21-12-11-20(17-22(21)24)26-16-13-19-10-4-5-14-25(19)15-6-9-18-7-2-1-3-8-18/h1-3,6-9,11-12,17,19H,4-5,10,13-16H2. The van der Waals surface area contributed by atoms with Crippen molar-refractivity contribution in [3.8, 4) is 5.75 Å². The zero-order valence-electron chi connectivity index (χ0n) is 14.9. The lowest BCUT2D eigenvalue weighted by atomic mass is 9.99. The van der Waals surface area contributed by atoms with Gasteiger partial charge in [0, 0.05) is 18.7 Å². The van der Waals surface area contributed by atoms with Crippen LogP contribution in [-0.2, 0) is 0 Å². The van der Waals surface area contributed by atoms with Crippen molar-refractivity contribution >= 4 is 29.3 Å². The largest absolute Gasteiger partial charge is 0.493 e. The van der Waals surface area contributed by atoms with E-state index in [4.69, 9.17) is 27.9 Å². The molecule has 1 aliphatic heterocycles. The molecule has 0 aliphatic carbocycles. The molecule has 2 aromatic rings. The molecule has 0 saturated carbocycles. The summed E-state index contributed by atoms with van der Waals surface area (Å²) in [7, 11) is 0. The highest BCUT2D eigenvalue weighted by atomic mass is 35.5. The number of rotatable bonds is 7. The zero-order chi connectivity index (χ0) is 18.2. The molecule has 0 amide bonds. The van der Waals surface area contributed by atoms with Crippen LogP contribution in [0.1, 0.15) is 31.2 Å². The Labute approximate surface area is 166 Å². The molecule has 26 heavy (non-hydrogen) atoms. The quantitative estimate of drug-likeness (QED) is 0.548. The van der Waals surface area contributed by atoms with Gasteiger partial charge in [-0.1, -0.05) is 72.1 Å². The Morgan fingerprint density at radius 2 is 1.88 bits per heavy atom. The maximum atomic E-state index is 6.04. The average Bonchev–Trinajstić information content (AvgIpc) is 2.67. The van der Waals surface area contributed by atoms with Crippen molar-refractivity contribution in [1.82, 2.24) is 4.90 Å². The Morgan fingerprint density at radius 1 is 1.04 bits per heavy atom. The van der Waals surface area contributed by atoms with Crippen molar-refractivity contribution in [3.63, 3.8) is 0 Å². The van der Waals surface area contributed by atoms with E-state index < -0.39 is 0 Å². The van der Waals surface area contributed by atoms with Gasteiger partial charge < -0.3 is 4.74 Å². The molecule has 3 rings (SSSR count). The average molecular weight is 390 g/mol. The monoisotopic (exact) mass is 389 g/mol. The van der Waals surface area contributed by atoms with Gasteiger partial charge in [-0.05, 0) is 43.5 Å². The summed E-state index contributed by atoms with van der Waals surface area (Å²) in [4.78, 5) is 2.57. The second-order valence-corrected chi connectivity index (χ2v) is 7.49. The third-order valence-corrected chi connectivity index (χ3v) is 5.55. The fourth-order valence-corrected chi connectivity index (χ4v) is 3.68. The van der Waals surface area contributed by atoms with Gasteiger partial charge in [-0.2, -0.15) is 0 Å². The Kier molecular flexibility index (Phi) is 7.43. The number of hydrogen-bond acceptors (Lipinski definition) is 2. The minimum absolute atomic E-state index is 0.537. The minimum atomic E-state index is 0.537. The van der Waals surface area contributed by atoms with Crippen molar-refractivity contribution in [2.24, 2.45) is 0 Å². The Bertz CT molecular complexity index is 717. The molecule has 0 aromatic heterocycles. The number of halogens is 2. The minimum Gasteiger partial charge on any atom is -0.493 e. The van der Waals surface area contributed by atoms with Gasteiger partial charge in [-0.25, -0.2) is 0 Å². The van der Waals surface area contributed by atoms with Gasteiger partial charge in [0.2, 0.25) is 0 Å². The van der Waals surface area contributed by atoms with Crippen LogP contribution < -0.4 is 4.74 Å². The van der Waals surface area contributed by atoms with E-state index in [9.17, 15) is 0 Å². The normalized spacial score (nSPS) is 18.3. The van der Waals surface area contributed by atoms with Crippen LogP contribution in [-0.4, -0.2) is 30.6 Å². The number of piperidine rings is 1. The zero-order valence-corrected chi connectivity index (χ0v) is 16.4. The molecule has 0 N–H and O–H groups in total. The fourth-order valence-electron chi connectivity index (χ4n) is 3.40. The molecule has 0 spiro atoms. The fraction of sp³-hybridized carbons (Fsp3) is 0.364. The van der Waals surface area contributed by atoms with E-state index in [0.29, 0.717) is 22.7 Å². The summed E-state index contributed by atoms with van der Waals surface area (Å²) in [5.74, 6) is 0.783. The molecule has 138 valence electrons. The molecule has 0 radical (unpaired) electrons. The van der Waals surface area contributed by atoms with Crippen LogP contribution in [0.3, 0.4) is 0 Å². The Balaban J connectivity index is 1.48. The van der Waals surface area contributed by atoms with Crippen molar-refractivity contribution in [2.45, 2.75) is 31.7 Å². The molecular weight excluding hydrogens is 365 g/mol. The van der Waals surface area contributed by atoms with Gasteiger partial charge in [0.1, 0.15) is 5.75 Å². The maximum absolute atomic E-state index is 6.04. The Morgan fingerprint density at radius 3 is 2.69 bits per heavy atom. The van der Waals surface area contributed by atoms with Gasteiger partial charge in [0.15, 0.2) is 0 Å². The Hall–Kier alpha value is -1.48. The topological polar surface area (TPSA) is 12.5 Å². The van der Waals surface area contributed by atoms with Crippen molar-refractivity contribution in [1.29, 1.82) is 0 Å². The van der Waals surface area contributed by atoms with Gasteiger partial charge >= 0.3 is 0 Å². The second kappa shape index (κ2) is 10.0. The van der Waals surface area contributed by atoms with E-state index in [1.165, 1.54) is 24.8 Å². The predicted octanol–water partition coefficient (Wildman–Crippen LogP) is 6.33. The third-order valence-electron chi connectivity index (χ3n) is 4.81. The summed E-state index contributed by atoms with van der Waals surface area (Å²) >= 11 is 12.0. The molecule has 1 unspecified atom stereocenters. The number of ether oxygens (including phenoxy) is 1. The molecule has 4 heteroatoms. The van der Waals surface area contributed by atoms with Crippen molar-refractivity contribution < 1.29 is 4.74 Å². The molecule has 1 heterocycles. The molecule has 1 fully saturated rings. The second-order valence-electron chi connectivity index (χ2n) is 6.67. The summed E-state index contributed by atoms with van der Waals surface area (Å²) in [6.07, 6.45) is 9.33. The van der Waals surface area contributed by atoms with Gasteiger partial charge in [0.25, 0.3) is 0 Å². The summed E-state index contributed by atoms with van der Waals surface area (Å²) in [6.45, 7) is 2.85. The van der Waals surface area contributed by atoms with E-state index in [1.54, 1.807) is 12.1 Å². The lowest BCUT2D eigenvalue weighted by molar-refractivity contribution is 0.137. The molecule has 1 saturated heterocycles. The van der Waals surface area contributed by atoms with Crippen LogP contribution in [0.5, 0.6) is 5.75 Å². The number of hydrogen-bond donors (Lipinski definition) is 0. The lowest BCUT2D eigenvalue weighted by Crippen LogP contribution is -2.40. The maximum Gasteiger partial charge on any atom is 0.120 e. The van der Waals surface area contributed by atoms with Crippen LogP contribution in [0.15, 0.2) is 54.6 Å². The SMILES string of the molecule is Clc1ccc(OCCC2CCCCN2CC=Cc2ccccc2)cc1Cl. The van der Waals surface area contributed by atoms with E-state index in [-0.39, 0.29) is 0 Å². The molecule has 2 nitrogen and oxygen atoms in total. The highest BCUT2D eigenvalue weighted by molar-refractivity contribution is 6.42. The molecule has 0 bridgehead atoms. The number of likely N-dealkylation sites (tertiary alicyclic amines) is 1. The highest BCUT2D eigenvalue weighted by Gasteiger charge is 2.21. The first-order valence-corrected chi connectivity index (χ1v) is 10.0. The molecule has 1 aliphatic rings. The first-order chi connectivity index (χ1) is 12.7. The summed E-state index contributed by atoms with van der Waals surface area (Å²) in [6, 6.07) is 16.5. The smallest absolute Gasteiger partial charge is 0.120 e. The van der Waals surface area contributed by atoms with Crippen molar-refractivity contribution in [3.05, 3.63) is 70.2 Å². The summed E-state index contributed by atoms with van der Waals surface area (Å²) in [5, 5.41) is 1.09. The molecule has 2 aromatic carbocycles. The number of benzene rings is 2. The first-order valence-electron chi connectivity index (χ1n) is 9.26. The van der Waals surface area contributed by atoms with E-state index >= 15 is 0 Å². The lowest BCUT2D eigenvalue weighted by Gasteiger charge is -2.35. The first kappa shape index (κ1) is 19.3. The number of nitrogens with zero attached hydrogens (tertiary/aromatic N) is 1. The third kappa shape index (κ3) is 5.77. The van der Waals surface area contributed by atoms with Crippen molar-refractivity contribution in [2.75, 3.05) is 19.7 Å². The van der Waals surface area contributed by atoms with Crippen LogP contribution in [0.2, 0.25) is 10.0 Å². The van der Waals surface area contributed by atoms with E-state index in [0.717, 1.165) is 25.3 Å². The van der Waals surface area contributed by atoms with E-state index in [2.05, 4.69) is 41.3 Å². The predicted molar refractivity (Wildman–Crippen MR) is 111 cm³/mol. The van der Waals surface area contributed by atoms with Gasteiger partial charge in [0.05, 0.1) is 16.7 Å². The van der Waals surface area contributed by atoms with Crippen LogP contribution >= 0.6 is 23.2 Å². The van der Waals surface area contributed by atoms with Crippen LogP contribution in [0.4, 0.5) is 0 Å². The van der Waals surface area contributed by atoms with Gasteiger partial charge in [-0.15, -0.1) is 0 Å². The molecule has 1 atom stereocenters. The van der Waals surface area contributed by atoms with E-state index in [1.807, 2.05) is 12.1 Å². The molecular formula is C22H25Cl2NO. The summed E-state index contributed by atoms with van der Waals surface area (Å²) < 4.78 is 5.88. The van der Waals surface area contributed by atoms with Crippen LogP contribution in [0.25, 0.3) is 6.08 Å². The highest BCUT2D eigenvalue weighted by Crippen LogP contribution is 2.27. The van der Waals surface area contributed by atoms with Gasteiger partial charge in [-0.3, -0.25) is 4.90 Å².